The molecule has 0 radical (unpaired) electrons. The van der Waals surface area contributed by atoms with Gasteiger partial charge in [0.15, 0.2) is 0 Å². The van der Waals surface area contributed by atoms with Gasteiger partial charge in [0.25, 0.3) is 0 Å². The molecule has 0 bridgehead atoms. The number of ether oxygens (including phenoxy) is 1. The van der Waals surface area contributed by atoms with Crippen LogP contribution in [0.4, 0.5) is 0 Å². The number of carbonyl (C=O) groups is 1. The fraction of sp³-hybridized carbons (Fsp3) is 0.812. The predicted molar refractivity (Wildman–Crippen MR) is 77.8 cm³/mol. The Bertz CT molecular complexity index is 287. The molecule has 0 amide bonds. The van der Waals surface area contributed by atoms with Crippen molar-refractivity contribution in [3.63, 3.8) is 0 Å². The Hall–Kier alpha value is -0.630. The summed E-state index contributed by atoms with van der Waals surface area (Å²) in [6.45, 7) is 14.6. The molecule has 1 unspecified atom stereocenters. The van der Waals surface area contributed by atoms with Crippen molar-refractivity contribution in [3.8, 4) is 0 Å². The van der Waals surface area contributed by atoms with E-state index in [1.807, 2.05) is 6.92 Å². The van der Waals surface area contributed by atoms with E-state index in [-0.39, 0.29) is 11.7 Å². The van der Waals surface area contributed by atoms with Crippen LogP contribution in [0.15, 0.2) is 11.6 Å². The summed E-state index contributed by atoms with van der Waals surface area (Å²) < 4.78 is 6.07. The van der Waals surface area contributed by atoms with Gasteiger partial charge in [-0.15, -0.1) is 0 Å². The number of hydrogen-bond donors (Lipinski definition) is 0. The molecule has 0 aliphatic rings. The van der Waals surface area contributed by atoms with Gasteiger partial charge in [0.05, 0.1) is 11.7 Å². The Morgan fingerprint density at radius 1 is 1.28 bits per heavy atom. The minimum Gasteiger partial charge on any atom is -0.368 e. The first-order valence-corrected chi connectivity index (χ1v) is 7.05. The van der Waals surface area contributed by atoms with Gasteiger partial charge in [-0.25, -0.2) is 0 Å². The predicted octanol–water partition coefficient (Wildman–Crippen LogP) is 4.53. The van der Waals surface area contributed by atoms with Gasteiger partial charge in [-0.05, 0) is 45.6 Å². The van der Waals surface area contributed by atoms with E-state index in [0.717, 1.165) is 6.42 Å². The molecule has 18 heavy (non-hydrogen) atoms. The Morgan fingerprint density at radius 3 is 2.28 bits per heavy atom. The molecule has 0 aromatic rings. The highest BCUT2D eigenvalue weighted by atomic mass is 16.5. The van der Waals surface area contributed by atoms with Crippen LogP contribution in [0.1, 0.15) is 67.7 Å². The van der Waals surface area contributed by atoms with Crippen LogP contribution in [0.5, 0.6) is 0 Å². The molecule has 0 saturated heterocycles. The lowest BCUT2D eigenvalue weighted by Gasteiger charge is -2.30. The molecule has 0 heterocycles. The van der Waals surface area contributed by atoms with Gasteiger partial charge in [-0.2, -0.15) is 0 Å². The molecular formula is C16H30O2. The quantitative estimate of drug-likeness (QED) is 0.595. The highest BCUT2D eigenvalue weighted by molar-refractivity contribution is 5.78. The Balaban J connectivity index is 4.34. The van der Waals surface area contributed by atoms with E-state index in [1.165, 1.54) is 5.57 Å². The Kier molecular flexibility index (Phi) is 7.46. The second kappa shape index (κ2) is 7.73. The third kappa shape index (κ3) is 7.65. The fourth-order valence-electron chi connectivity index (χ4n) is 1.91. The molecule has 0 fully saturated rings. The standard InChI is InChI=1S/C16H30O2/c1-8-15(17)9-10-16(6,7)18-14(5)13(4)11-12(2)3/h11-12,14H,8-10H2,1-7H3. The summed E-state index contributed by atoms with van der Waals surface area (Å²) >= 11 is 0. The molecule has 0 aliphatic carbocycles. The molecule has 1 atom stereocenters. The highest BCUT2D eigenvalue weighted by Crippen LogP contribution is 2.22. The summed E-state index contributed by atoms with van der Waals surface area (Å²) in [6.07, 6.45) is 4.37. The minimum atomic E-state index is -0.240. The lowest BCUT2D eigenvalue weighted by molar-refractivity contribution is -0.121. The SMILES string of the molecule is CCC(=O)CCC(C)(C)OC(C)C(C)=CC(C)C. The van der Waals surface area contributed by atoms with Crippen molar-refractivity contribution in [1.29, 1.82) is 0 Å². The van der Waals surface area contributed by atoms with Crippen LogP contribution in [0, 0.1) is 5.92 Å². The summed E-state index contributed by atoms with van der Waals surface area (Å²) in [5.74, 6) is 0.856. The monoisotopic (exact) mass is 254 g/mol. The first kappa shape index (κ1) is 17.4. The average Bonchev–Trinajstić information content (AvgIpc) is 2.24. The Morgan fingerprint density at radius 2 is 1.83 bits per heavy atom. The van der Waals surface area contributed by atoms with Crippen molar-refractivity contribution in [3.05, 3.63) is 11.6 Å². The summed E-state index contributed by atoms with van der Waals surface area (Å²) in [7, 11) is 0. The normalized spacial score (nSPS) is 15.0. The Labute approximate surface area is 113 Å². The van der Waals surface area contributed by atoms with Crippen LogP contribution in [0.3, 0.4) is 0 Å². The molecule has 2 nitrogen and oxygen atoms in total. The third-order valence-electron chi connectivity index (χ3n) is 3.13. The van der Waals surface area contributed by atoms with Crippen molar-refractivity contribution in [1.82, 2.24) is 0 Å². The molecule has 106 valence electrons. The zero-order valence-corrected chi connectivity index (χ0v) is 13.2. The topological polar surface area (TPSA) is 26.3 Å². The summed E-state index contributed by atoms with van der Waals surface area (Å²) in [5, 5.41) is 0. The summed E-state index contributed by atoms with van der Waals surface area (Å²) in [6, 6.07) is 0. The molecule has 2 heteroatoms. The van der Waals surface area contributed by atoms with E-state index < -0.39 is 0 Å². The molecule has 0 aromatic carbocycles. The number of carbonyl (C=O) groups excluding carboxylic acids is 1. The molecular weight excluding hydrogens is 224 g/mol. The van der Waals surface area contributed by atoms with Crippen molar-refractivity contribution >= 4 is 5.78 Å². The number of rotatable bonds is 8. The van der Waals surface area contributed by atoms with Gasteiger partial charge in [0.2, 0.25) is 0 Å². The van der Waals surface area contributed by atoms with E-state index in [1.54, 1.807) is 0 Å². The molecule has 0 N–H and O–H groups in total. The number of allylic oxidation sites excluding steroid dienone is 1. The molecule has 0 aromatic heterocycles. The molecule has 0 aliphatic heterocycles. The van der Waals surface area contributed by atoms with Crippen molar-refractivity contribution in [2.75, 3.05) is 0 Å². The van der Waals surface area contributed by atoms with Crippen LogP contribution in [-0.2, 0) is 9.53 Å². The average molecular weight is 254 g/mol. The smallest absolute Gasteiger partial charge is 0.132 e. The fourth-order valence-corrected chi connectivity index (χ4v) is 1.91. The van der Waals surface area contributed by atoms with Crippen molar-refractivity contribution < 1.29 is 9.53 Å². The molecule has 0 saturated carbocycles. The van der Waals surface area contributed by atoms with Crippen LogP contribution in [0.25, 0.3) is 0 Å². The van der Waals surface area contributed by atoms with Crippen molar-refractivity contribution in [2.24, 2.45) is 5.92 Å². The molecule has 0 spiro atoms. The van der Waals surface area contributed by atoms with Crippen LogP contribution in [0.2, 0.25) is 0 Å². The van der Waals surface area contributed by atoms with Gasteiger partial charge in [-0.3, -0.25) is 4.79 Å². The number of Topliss-reactive ketones (excluding diaryl/α,β-unsaturated/α-hetero) is 1. The zero-order valence-electron chi connectivity index (χ0n) is 13.2. The summed E-state index contributed by atoms with van der Waals surface area (Å²) in [5.41, 5.74) is 1.02. The first-order chi connectivity index (χ1) is 8.18. The lowest BCUT2D eigenvalue weighted by atomic mass is 9.98. The van der Waals surface area contributed by atoms with Gasteiger partial charge in [-0.1, -0.05) is 26.8 Å². The molecule has 0 rings (SSSR count). The van der Waals surface area contributed by atoms with Gasteiger partial charge in [0, 0.05) is 12.8 Å². The lowest BCUT2D eigenvalue weighted by Crippen LogP contribution is -2.30. The van der Waals surface area contributed by atoms with Crippen molar-refractivity contribution in [2.45, 2.75) is 79.4 Å². The number of hydrogen-bond acceptors (Lipinski definition) is 2. The second-order valence-electron chi connectivity index (χ2n) is 6.07. The summed E-state index contributed by atoms with van der Waals surface area (Å²) in [4.78, 5) is 11.4. The second-order valence-corrected chi connectivity index (χ2v) is 6.07. The van der Waals surface area contributed by atoms with Gasteiger partial charge < -0.3 is 4.74 Å². The third-order valence-corrected chi connectivity index (χ3v) is 3.13. The first-order valence-electron chi connectivity index (χ1n) is 7.05. The maximum Gasteiger partial charge on any atom is 0.132 e. The largest absolute Gasteiger partial charge is 0.368 e. The van der Waals surface area contributed by atoms with E-state index in [0.29, 0.717) is 24.5 Å². The van der Waals surface area contributed by atoms with Crippen LogP contribution >= 0.6 is 0 Å². The van der Waals surface area contributed by atoms with E-state index in [4.69, 9.17) is 4.74 Å². The minimum absolute atomic E-state index is 0.110. The number of ketones is 1. The highest BCUT2D eigenvalue weighted by Gasteiger charge is 2.23. The van der Waals surface area contributed by atoms with Gasteiger partial charge in [0.1, 0.15) is 5.78 Å². The maximum absolute atomic E-state index is 11.4. The van der Waals surface area contributed by atoms with Gasteiger partial charge >= 0.3 is 0 Å². The van der Waals surface area contributed by atoms with Crippen LogP contribution < -0.4 is 0 Å². The van der Waals surface area contributed by atoms with E-state index in [2.05, 4.69) is 47.6 Å². The zero-order chi connectivity index (χ0) is 14.3. The maximum atomic E-state index is 11.4. The van der Waals surface area contributed by atoms with E-state index in [9.17, 15) is 4.79 Å². The van der Waals surface area contributed by atoms with E-state index >= 15 is 0 Å². The van der Waals surface area contributed by atoms with Crippen LogP contribution in [-0.4, -0.2) is 17.5 Å².